The highest BCUT2D eigenvalue weighted by atomic mass is 32.1. The summed E-state index contributed by atoms with van der Waals surface area (Å²) in [6, 6.07) is 0.568. The standard InChI is InChI=1S/C14H27N3S/c1-6-8-11(3)17(5)14-16-12(9-7-2)13(18-14)10-15-4/h11,15H,6-10H2,1-5H3. The number of thiazole rings is 1. The molecule has 0 amide bonds. The Kier molecular flexibility index (Phi) is 6.65. The Hall–Kier alpha value is -0.610. The monoisotopic (exact) mass is 269 g/mol. The number of rotatable bonds is 8. The van der Waals surface area contributed by atoms with Crippen molar-refractivity contribution >= 4 is 16.5 Å². The van der Waals surface area contributed by atoms with Gasteiger partial charge >= 0.3 is 0 Å². The van der Waals surface area contributed by atoms with Crippen LogP contribution in [0.1, 0.15) is 50.6 Å². The third-order valence-electron chi connectivity index (χ3n) is 3.26. The first kappa shape index (κ1) is 15.4. The molecule has 3 nitrogen and oxygen atoms in total. The summed E-state index contributed by atoms with van der Waals surface area (Å²) in [5.41, 5.74) is 1.28. The van der Waals surface area contributed by atoms with Gasteiger partial charge in [-0.3, -0.25) is 0 Å². The molecule has 0 fully saturated rings. The Morgan fingerprint density at radius 1 is 1.33 bits per heavy atom. The number of hydrogen-bond donors (Lipinski definition) is 1. The van der Waals surface area contributed by atoms with Gasteiger partial charge in [-0.15, -0.1) is 11.3 Å². The predicted octanol–water partition coefficient (Wildman–Crippen LogP) is 3.44. The molecule has 1 aromatic rings. The number of aryl methyl sites for hydroxylation is 1. The summed E-state index contributed by atoms with van der Waals surface area (Å²) < 4.78 is 0. The van der Waals surface area contributed by atoms with Gasteiger partial charge in [0, 0.05) is 24.5 Å². The van der Waals surface area contributed by atoms with Crippen LogP contribution in [0.4, 0.5) is 5.13 Å². The number of hydrogen-bond acceptors (Lipinski definition) is 4. The summed E-state index contributed by atoms with van der Waals surface area (Å²) in [6.07, 6.45) is 4.69. The summed E-state index contributed by atoms with van der Waals surface area (Å²) in [6.45, 7) is 7.66. The minimum Gasteiger partial charge on any atom is -0.348 e. The molecule has 0 saturated carbocycles. The minimum atomic E-state index is 0.568. The van der Waals surface area contributed by atoms with E-state index >= 15 is 0 Å². The van der Waals surface area contributed by atoms with Crippen LogP contribution >= 0.6 is 11.3 Å². The first-order chi connectivity index (χ1) is 8.63. The molecule has 0 saturated heterocycles. The van der Waals surface area contributed by atoms with E-state index in [-0.39, 0.29) is 0 Å². The largest absolute Gasteiger partial charge is 0.348 e. The number of nitrogens with one attached hydrogen (secondary N) is 1. The average Bonchev–Trinajstić information content (AvgIpc) is 2.73. The summed E-state index contributed by atoms with van der Waals surface area (Å²) >= 11 is 1.84. The molecule has 104 valence electrons. The van der Waals surface area contributed by atoms with Crippen molar-refractivity contribution in [1.82, 2.24) is 10.3 Å². The highest BCUT2D eigenvalue weighted by Gasteiger charge is 2.16. The molecule has 0 aromatic carbocycles. The van der Waals surface area contributed by atoms with E-state index < -0.39 is 0 Å². The van der Waals surface area contributed by atoms with Crippen LogP contribution in [0.5, 0.6) is 0 Å². The minimum absolute atomic E-state index is 0.568. The topological polar surface area (TPSA) is 28.2 Å². The Bertz CT molecular complexity index is 325. The lowest BCUT2D eigenvalue weighted by Gasteiger charge is -2.23. The first-order valence-electron chi connectivity index (χ1n) is 6.99. The molecule has 1 unspecified atom stereocenters. The molecule has 0 aliphatic carbocycles. The lowest BCUT2D eigenvalue weighted by molar-refractivity contribution is 0.614. The van der Waals surface area contributed by atoms with Gasteiger partial charge in [0.2, 0.25) is 0 Å². The van der Waals surface area contributed by atoms with E-state index in [0.29, 0.717) is 6.04 Å². The molecule has 0 spiro atoms. The van der Waals surface area contributed by atoms with Crippen molar-refractivity contribution in [3.63, 3.8) is 0 Å². The maximum atomic E-state index is 4.83. The Labute approximate surface area is 116 Å². The molecule has 4 heteroatoms. The molecule has 0 radical (unpaired) electrons. The SMILES string of the molecule is CCCc1nc(N(C)C(C)CCC)sc1CNC. The molecule has 0 aliphatic heterocycles. The van der Waals surface area contributed by atoms with Crippen molar-refractivity contribution in [2.45, 2.75) is 59.0 Å². The summed E-state index contributed by atoms with van der Waals surface area (Å²) in [4.78, 5) is 8.55. The second-order valence-electron chi connectivity index (χ2n) is 4.90. The van der Waals surface area contributed by atoms with Crippen molar-refractivity contribution in [2.75, 3.05) is 19.0 Å². The summed E-state index contributed by atoms with van der Waals surface area (Å²) in [5, 5.41) is 4.41. The van der Waals surface area contributed by atoms with E-state index in [9.17, 15) is 0 Å². The predicted molar refractivity (Wildman–Crippen MR) is 81.6 cm³/mol. The van der Waals surface area contributed by atoms with Gasteiger partial charge in [-0.1, -0.05) is 26.7 Å². The Morgan fingerprint density at radius 2 is 2.06 bits per heavy atom. The second kappa shape index (κ2) is 7.74. The summed E-state index contributed by atoms with van der Waals surface area (Å²) in [7, 11) is 4.16. The van der Waals surface area contributed by atoms with Gasteiger partial charge in [0.05, 0.1) is 5.69 Å². The van der Waals surface area contributed by atoms with E-state index in [1.54, 1.807) is 0 Å². The van der Waals surface area contributed by atoms with Crippen LogP contribution in [0.15, 0.2) is 0 Å². The van der Waals surface area contributed by atoms with Crippen LogP contribution in [0.2, 0.25) is 0 Å². The fourth-order valence-corrected chi connectivity index (χ4v) is 3.23. The third-order valence-corrected chi connectivity index (χ3v) is 4.45. The quantitative estimate of drug-likeness (QED) is 0.783. The fraction of sp³-hybridized carbons (Fsp3) is 0.786. The van der Waals surface area contributed by atoms with Crippen molar-refractivity contribution in [1.29, 1.82) is 0 Å². The number of nitrogens with zero attached hydrogens (tertiary/aromatic N) is 2. The fourth-order valence-electron chi connectivity index (χ4n) is 2.05. The van der Waals surface area contributed by atoms with Crippen LogP contribution in [0.3, 0.4) is 0 Å². The number of anilines is 1. The van der Waals surface area contributed by atoms with Gasteiger partial charge in [0.15, 0.2) is 5.13 Å². The van der Waals surface area contributed by atoms with Gasteiger partial charge in [-0.05, 0) is 26.8 Å². The molecule has 1 N–H and O–H groups in total. The first-order valence-corrected chi connectivity index (χ1v) is 7.81. The molecule has 18 heavy (non-hydrogen) atoms. The second-order valence-corrected chi connectivity index (χ2v) is 5.96. The van der Waals surface area contributed by atoms with Gasteiger partial charge in [-0.25, -0.2) is 4.98 Å². The average molecular weight is 269 g/mol. The highest BCUT2D eigenvalue weighted by Crippen LogP contribution is 2.28. The lowest BCUT2D eigenvalue weighted by atomic mass is 10.2. The van der Waals surface area contributed by atoms with Gasteiger partial charge in [0.1, 0.15) is 0 Å². The van der Waals surface area contributed by atoms with Gasteiger partial charge in [0.25, 0.3) is 0 Å². The molecule has 1 heterocycles. The molecule has 1 rings (SSSR count). The van der Waals surface area contributed by atoms with Crippen LogP contribution in [-0.2, 0) is 13.0 Å². The molecular formula is C14H27N3S. The normalized spacial score (nSPS) is 12.7. The van der Waals surface area contributed by atoms with Crippen molar-refractivity contribution in [3.05, 3.63) is 10.6 Å². The zero-order chi connectivity index (χ0) is 13.5. The van der Waals surface area contributed by atoms with Crippen LogP contribution in [-0.4, -0.2) is 25.1 Å². The van der Waals surface area contributed by atoms with Crippen molar-refractivity contribution < 1.29 is 0 Å². The van der Waals surface area contributed by atoms with E-state index in [0.717, 1.165) is 19.4 Å². The van der Waals surface area contributed by atoms with Gasteiger partial charge in [-0.2, -0.15) is 0 Å². The van der Waals surface area contributed by atoms with Crippen LogP contribution < -0.4 is 10.2 Å². The molecule has 0 bridgehead atoms. The highest BCUT2D eigenvalue weighted by molar-refractivity contribution is 7.15. The molecule has 1 aromatic heterocycles. The Morgan fingerprint density at radius 3 is 2.61 bits per heavy atom. The van der Waals surface area contributed by atoms with Crippen molar-refractivity contribution in [2.24, 2.45) is 0 Å². The van der Waals surface area contributed by atoms with Crippen LogP contribution in [0.25, 0.3) is 0 Å². The van der Waals surface area contributed by atoms with E-state index in [1.807, 2.05) is 18.4 Å². The zero-order valence-electron chi connectivity index (χ0n) is 12.4. The van der Waals surface area contributed by atoms with Crippen molar-refractivity contribution in [3.8, 4) is 0 Å². The van der Waals surface area contributed by atoms with Crippen LogP contribution in [0, 0.1) is 0 Å². The van der Waals surface area contributed by atoms with E-state index in [1.165, 1.54) is 28.5 Å². The van der Waals surface area contributed by atoms with E-state index in [2.05, 4.69) is 38.0 Å². The zero-order valence-corrected chi connectivity index (χ0v) is 13.2. The Balaban J connectivity index is 2.85. The smallest absolute Gasteiger partial charge is 0.185 e. The summed E-state index contributed by atoms with van der Waals surface area (Å²) in [5.74, 6) is 0. The maximum absolute atomic E-state index is 4.83. The molecule has 0 aliphatic rings. The number of aromatic nitrogens is 1. The molecule has 1 atom stereocenters. The lowest BCUT2D eigenvalue weighted by Crippen LogP contribution is -2.28. The maximum Gasteiger partial charge on any atom is 0.185 e. The van der Waals surface area contributed by atoms with Gasteiger partial charge < -0.3 is 10.2 Å². The molecular weight excluding hydrogens is 242 g/mol. The van der Waals surface area contributed by atoms with E-state index in [4.69, 9.17) is 4.98 Å². The third kappa shape index (κ3) is 3.95.